The number of hydrogen-bond donors (Lipinski definition) is 2. The molecule has 0 radical (unpaired) electrons. The predicted molar refractivity (Wildman–Crippen MR) is 117 cm³/mol. The van der Waals surface area contributed by atoms with Crippen LogP contribution in [0.2, 0.25) is 0 Å². The molecule has 0 aromatic heterocycles. The highest BCUT2D eigenvalue weighted by molar-refractivity contribution is 5.86. The zero-order valence-electron chi connectivity index (χ0n) is 18.2. The lowest BCUT2D eigenvalue weighted by Gasteiger charge is -2.20. The van der Waals surface area contributed by atoms with Crippen molar-refractivity contribution in [3.8, 4) is 0 Å². The number of benzene rings is 2. The van der Waals surface area contributed by atoms with E-state index in [9.17, 15) is 14.4 Å². The molecule has 2 rings (SSSR count). The van der Waals surface area contributed by atoms with Gasteiger partial charge in [0.2, 0.25) is 5.91 Å². The number of rotatable bonds is 9. The largest absolute Gasteiger partial charge is 0.460 e. The van der Waals surface area contributed by atoms with E-state index in [2.05, 4.69) is 10.6 Å². The van der Waals surface area contributed by atoms with Gasteiger partial charge in [-0.15, -0.1) is 0 Å². The first-order valence-corrected chi connectivity index (χ1v) is 10.2. The molecule has 31 heavy (non-hydrogen) atoms. The maximum atomic E-state index is 12.7. The summed E-state index contributed by atoms with van der Waals surface area (Å²) in [4.78, 5) is 36.8. The molecule has 7 heteroatoms. The first kappa shape index (κ1) is 23.9. The summed E-state index contributed by atoms with van der Waals surface area (Å²) in [5, 5.41) is 5.31. The number of alkyl carbamates (subject to hydrolysis) is 1. The molecular weight excluding hydrogens is 396 g/mol. The van der Waals surface area contributed by atoms with Crippen LogP contribution in [-0.2, 0) is 32.1 Å². The first-order valence-electron chi connectivity index (χ1n) is 10.2. The van der Waals surface area contributed by atoms with Crippen LogP contribution in [0.15, 0.2) is 60.7 Å². The summed E-state index contributed by atoms with van der Waals surface area (Å²) in [5.74, 6) is -0.799. The number of hydrogen-bond acceptors (Lipinski definition) is 5. The molecule has 0 unspecified atom stereocenters. The molecule has 2 aromatic carbocycles. The fourth-order valence-corrected chi connectivity index (χ4v) is 2.77. The van der Waals surface area contributed by atoms with E-state index in [1.165, 1.54) is 0 Å². The van der Waals surface area contributed by atoms with E-state index in [1.54, 1.807) is 20.8 Å². The smallest absolute Gasteiger partial charge is 0.408 e. The fraction of sp³-hybridized carbons (Fsp3) is 0.375. The van der Waals surface area contributed by atoms with Crippen LogP contribution in [0.25, 0.3) is 0 Å². The van der Waals surface area contributed by atoms with E-state index in [1.807, 2.05) is 60.7 Å². The van der Waals surface area contributed by atoms with Gasteiger partial charge in [0.25, 0.3) is 0 Å². The number of amides is 2. The minimum Gasteiger partial charge on any atom is -0.460 e. The lowest BCUT2D eigenvalue weighted by atomic mass is 10.1. The Balaban J connectivity index is 1.91. The van der Waals surface area contributed by atoms with Crippen molar-refractivity contribution < 1.29 is 23.9 Å². The summed E-state index contributed by atoms with van der Waals surface area (Å²) in [5.41, 5.74) is 1.15. The molecule has 0 aliphatic heterocycles. The number of carbonyl (C=O) groups excluding carboxylic acids is 3. The van der Waals surface area contributed by atoms with Crippen LogP contribution in [0.1, 0.15) is 38.3 Å². The second-order valence-corrected chi connectivity index (χ2v) is 8.08. The van der Waals surface area contributed by atoms with Gasteiger partial charge >= 0.3 is 12.1 Å². The molecule has 166 valence electrons. The third kappa shape index (κ3) is 9.80. The van der Waals surface area contributed by atoms with Gasteiger partial charge in [-0.2, -0.15) is 0 Å². The van der Waals surface area contributed by atoms with Crippen LogP contribution in [0.3, 0.4) is 0 Å². The molecule has 0 fully saturated rings. The summed E-state index contributed by atoms with van der Waals surface area (Å²) < 4.78 is 10.5. The molecule has 1 atom stereocenters. The van der Waals surface area contributed by atoms with E-state index in [0.29, 0.717) is 6.42 Å². The average molecular weight is 427 g/mol. The van der Waals surface area contributed by atoms with Crippen molar-refractivity contribution in [3.05, 3.63) is 71.8 Å². The number of esters is 1. The quantitative estimate of drug-likeness (QED) is 0.600. The predicted octanol–water partition coefficient (Wildman–Crippen LogP) is 3.37. The summed E-state index contributed by atoms with van der Waals surface area (Å²) in [7, 11) is 0. The molecule has 0 aliphatic carbocycles. The minimum atomic E-state index is -0.843. The Labute approximate surface area is 183 Å². The monoisotopic (exact) mass is 426 g/mol. The van der Waals surface area contributed by atoms with Crippen molar-refractivity contribution in [2.45, 2.75) is 51.9 Å². The van der Waals surface area contributed by atoms with Crippen molar-refractivity contribution in [1.82, 2.24) is 10.6 Å². The van der Waals surface area contributed by atoms with Crippen molar-refractivity contribution in [2.75, 3.05) is 6.54 Å². The number of ether oxygens (including phenoxy) is 2. The molecule has 0 saturated heterocycles. The van der Waals surface area contributed by atoms with Gasteiger partial charge in [0, 0.05) is 13.0 Å². The maximum absolute atomic E-state index is 12.7. The molecule has 2 amide bonds. The zero-order valence-corrected chi connectivity index (χ0v) is 18.2. The number of carbonyl (C=O) groups is 3. The van der Waals surface area contributed by atoms with Crippen molar-refractivity contribution in [2.24, 2.45) is 0 Å². The standard InChI is InChI=1S/C24H30N2O5/c1-24(2,3)31-21(27)14-15-25-22(28)20(16-18-10-6-4-7-11-18)26-23(29)30-17-19-12-8-5-9-13-19/h4-13,20H,14-17H2,1-3H3,(H,25,28)(H,26,29)/t20-/m1/s1. The van der Waals surface area contributed by atoms with E-state index < -0.39 is 29.6 Å². The van der Waals surface area contributed by atoms with E-state index in [4.69, 9.17) is 9.47 Å². The van der Waals surface area contributed by atoms with Crippen LogP contribution in [-0.4, -0.2) is 36.2 Å². The van der Waals surface area contributed by atoms with E-state index in [-0.39, 0.29) is 19.6 Å². The van der Waals surface area contributed by atoms with Gasteiger partial charge < -0.3 is 20.1 Å². The van der Waals surface area contributed by atoms with Gasteiger partial charge in [0.1, 0.15) is 18.2 Å². The van der Waals surface area contributed by atoms with Crippen LogP contribution in [0, 0.1) is 0 Å². The van der Waals surface area contributed by atoms with Crippen molar-refractivity contribution >= 4 is 18.0 Å². The lowest BCUT2D eigenvalue weighted by molar-refractivity contribution is -0.154. The molecule has 0 spiro atoms. The third-order valence-corrected chi connectivity index (χ3v) is 4.15. The summed E-state index contributed by atoms with van der Waals surface area (Å²) in [6.07, 6.45) is -0.355. The maximum Gasteiger partial charge on any atom is 0.408 e. The van der Waals surface area contributed by atoms with Crippen LogP contribution < -0.4 is 10.6 Å². The number of nitrogens with one attached hydrogen (secondary N) is 2. The Kier molecular flexibility index (Phi) is 9.06. The molecule has 0 bridgehead atoms. The first-order chi connectivity index (χ1) is 14.7. The third-order valence-electron chi connectivity index (χ3n) is 4.15. The molecule has 0 saturated carbocycles. The van der Waals surface area contributed by atoms with Gasteiger partial charge in [-0.1, -0.05) is 60.7 Å². The van der Waals surface area contributed by atoms with Crippen LogP contribution in [0.5, 0.6) is 0 Å². The highest BCUT2D eigenvalue weighted by Gasteiger charge is 2.23. The molecule has 0 aliphatic rings. The highest BCUT2D eigenvalue weighted by atomic mass is 16.6. The van der Waals surface area contributed by atoms with Crippen molar-refractivity contribution in [1.29, 1.82) is 0 Å². The fourth-order valence-electron chi connectivity index (χ4n) is 2.77. The second kappa shape index (κ2) is 11.7. The Hall–Kier alpha value is -3.35. The molecule has 2 N–H and O–H groups in total. The van der Waals surface area contributed by atoms with E-state index in [0.717, 1.165) is 11.1 Å². The zero-order chi connectivity index (χ0) is 22.7. The van der Waals surface area contributed by atoms with E-state index >= 15 is 0 Å². The van der Waals surface area contributed by atoms with Gasteiger partial charge in [-0.3, -0.25) is 9.59 Å². The normalized spacial score (nSPS) is 11.8. The minimum absolute atomic E-state index is 0.0412. The van der Waals surface area contributed by atoms with Gasteiger partial charge in [0.15, 0.2) is 0 Å². The van der Waals surface area contributed by atoms with Gasteiger partial charge in [0.05, 0.1) is 6.42 Å². The SMILES string of the molecule is CC(C)(C)OC(=O)CCNC(=O)[C@@H](Cc1ccccc1)NC(=O)OCc1ccccc1. The second-order valence-electron chi connectivity index (χ2n) is 8.08. The lowest BCUT2D eigenvalue weighted by Crippen LogP contribution is -2.48. The molecule has 0 heterocycles. The Morgan fingerprint density at radius 2 is 1.48 bits per heavy atom. The van der Waals surface area contributed by atoms with Crippen LogP contribution >= 0.6 is 0 Å². The Bertz CT molecular complexity index is 847. The topological polar surface area (TPSA) is 93.7 Å². The molecule has 2 aromatic rings. The summed E-state index contributed by atoms with van der Waals surface area (Å²) in [6, 6.07) is 17.8. The van der Waals surface area contributed by atoms with Gasteiger partial charge in [-0.05, 0) is 31.9 Å². The summed E-state index contributed by atoms with van der Waals surface area (Å²) in [6.45, 7) is 5.56. The van der Waals surface area contributed by atoms with Crippen molar-refractivity contribution in [3.63, 3.8) is 0 Å². The Morgan fingerprint density at radius 1 is 0.903 bits per heavy atom. The Morgan fingerprint density at radius 3 is 2.06 bits per heavy atom. The molecule has 7 nitrogen and oxygen atoms in total. The molecular formula is C24H30N2O5. The van der Waals surface area contributed by atoms with Gasteiger partial charge in [-0.25, -0.2) is 4.79 Å². The summed E-state index contributed by atoms with van der Waals surface area (Å²) >= 11 is 0. The highest BCUT2D eigenvalue weighted by Crippen LogP contribution is 2.08. The van der Waals surface area contributed by atoms with Crippen LogP contribution in [0.4, 0.5) is 4.79 Å². The average Bonchev–Trinajstić information content (AvgIpc) is 2.72.